The first-order valence-electron chi connectivity index (χ1n) is 18.4. The number of fused-ring (bicyclic) bond motifs is 1. The molecule has 1 N–H and O–H groups in total. The third-order valence-electron chi connectivity index (χ3n) is 10.1. The van der Waals surface area contributed by atoms with Gasteiger partial charge in [0.1, 0.15) is 29.0 Å². The topological polar surface area (TPSA) is 97.6 Å². The van der Waals surface area contributed by atoms with Gasteiger partial charge in [-0.1, -0.05) is 61.8 Å². The average molecular weight is 762 g/mol. The lowest BCUT2D eigenvalue weighted by Gasteiger charge is -2.35. The van der Waals surface area contributed by atoms with Crippen LogP contribution in [0.4, 0.5) is 16.0 Å². The summed E-state index contributed by atoms with van der Waals surface area (Å²) in [6, 6.07) is 26.2. The Bertz CT molecular complexity index is 2340. The third-order valence-corrected chi connectivity index (χ3v) is 10.3. The summed E-state index contributed by atoms with van der Waals surface area (Å²) >= 11 is 6.92. The molecule has 10 nitrogen and oxygen atoms in total. The second-order valence-electron chi connectivity index (χ2n) is 14.2. The highest BCUT2D eigenvalue weighted by atomic mass is 35.5. The minimum Gasteiger partial charge on any atom is -0.497 e. The van der Waals surface area contributed by atoms with Crippen LogP contribution < -0.4 is 30.3 Å². The van der Waals surface area contributed by atoms with Crippen LogP contribution in [0.2, 0.25) is 5.02 Å². The van der Waals surface area contributed by atoms with Crippen LogP contribution in [-0.2, 0) is 13.1 Å². The van der Waals surface area contributed by atoms with Crippen molar-refractivity contribution in [3.05, 3.63) is 129 Å². The fourth-order valence-corrected chi connectivity index (χ4v) is 7.43. The summed E-state index contributed by atoms with van der Waals surface area (Å²) in [6.07, 6.45) is 0. The van der Waals surface area contributed by atoms with Gasteiger partial charge in [0.25, 0.3) is 0 Å². The van der Waals surface area contributed by atoms with Crippen LogP contribution in [0, 0.1) is 12.7 Å². The number of anilines is 2. The maximum absolute atomic E-state index is 15.3. The fraction of sp³-hybridized carbons (Fsp3) is 0.302. The van der Waals surface area contributed by atoms with E-state index in [-0.39, 0.29) is 28.2 Å². The van der Waals surface area contributed by atoms with Crippen molar-refractivity contribution in [1.29, 1.82) is 0 Å². The Balaban J connectivity index is 1.43. The zero-order valence-electron chi connectivity index (χ0n) is 31.9. The lowest BCUT2D eigenvalue weighted by atomic mass is 10.0. The van der Waals surface area contributed by atoms with Crippen molar-refractivity contribution in [3.8, 4) is 28.4 Å². The SMILES string of the molecule is COc1ccc(CN(Cc2ccc(OC)cc2)c2cc(C)c(-n3c(=O)nc(N4CCNC[C@@H]4C)c4cc(Cl)c(-c5ccccc5F)nc43)c(C(C)C)n2)cc1. The number of nitrogens with one attached hydrogen (secondary N) is 1. The van der Waals surface area contributed by atoms with E-state index in [9.17, 15) is 4.79 Å². The Kier molecular flexibility index (Phi) is 11.0. The minimum atomic E-state index is -0.504. The van der Waals surface area contributed by atoms with Gasteiger partial charge in [0.05, 0.1) is 41.7 Å². The molecule has 0 radical (unpaired) electrons. The van der Waals surface area contributed by atoms with Gasteiger partial charge in [-0.05, 0) is 85.0 Å². The molecular weight excluding hydrogens is 717 g/mol. The van der Waals surface area contributed by atoms with E-state index in [0.29, 0.717) is 47.9 Å². The Morgan fingerprint density at radius 2 is 1.56 bits per heavy atom. The van der Waals surface area contributed by atoms with E-state index in [2.05, 4.69) is 35.9 Å². The molecule has 1 saturated heterocycles. The third kappa shape index (κ3) is 7.72. The Hall–Kier alpha value is -5.52. The van der Waals surface area contributed by atoms with Crippen molar-refractivity contribution in [3.63, 3.8) is 0 Å². The first-order chi connectivity index (χ1) is 26.6. The number of rotatable bonds is 11. The van der Waals surface area contributed by atoms with Gasteiger partial charge >= 0.3 is 5.69 Å². The van der Waals surface area contributed by atoms with Gasteiger partial charge in [0, 0.05) is 44.3 Å². The molecule has 6 aromatic rings. The standard InChI is InChI=1S/C43H45ClFN7O3/c1-26(2)38-40(27(3)21-37(47-38)50(24-29-11-15-31(54-5)16-12-29)25-30-13-17-32(55-6)18-14-30)52-42-34(41(49-43(52)53)51-20-19-46-23-28(51)4)22-35(44)39(48-42)33-9-7-8-10-36(33)45/h7-18,21-22,26,28,46H,19-20,23-25H2,1-6H3/t28-/m0/s1. The second kappa shape index (κ2) is 16.1. The quantitative estimate of drug-likeness (QED) is 0.141. The molecule has 55 heavy (non-hydrogen) atoms. The number of pyridine rings is 2. The Morgan fingerprint density at radius 3 is 2.15 bits per heavy atom. The van der Waals surface area contributed by atoms with Crippen LogP contribution in [0.5, 0.6) is 11.5 Å². The zero-order valence-corrected chi connectivity index (χ0v) is 32.7. The fourth-order valence-electron chi connectivity index (χ4n) is 7.17. The van der Waals surface area contributed by atoms with E-state index in [1.54, 1.807) is 38.5 Å². The van der Waals surface area contributed by atoms with Gasteiger partial charge in [-0.2, -0.15) is 4.98 Å². The highest BCUT2D eigenvalue weighted by Crippen LogP contribution is 2.37. The number of hydrogen-bond donors (Lipinski definition) is 1. The number of methoxy groups -OCH3 is 2. The molecule has 4 heterocycles. The predicted octanol–water partition coefficient (Wildman–Crippen LogP) is 8.09. The molecule has 1 atom stereocenters. The summed E-state index contributed by atoms with van der Waals surface area (Å²) in [5, 5.41) is 4.26. The first-order valence-corrected chi connectivity index (χ1v) is 18.8. The molecule has 3 aromatic carbocycles. The van der Waals surface area contributed by atoms with Crippen LogP contribution in [0.3, 0.4) is 0 Å². The van der Waals surface area contributed by atoms with Gasteiger partial charge < -0.3 is 24.6 Å². The average Bonchev–Trinajstić information content (AvgIpc) is 3.18. The molecule has 1 aliphatic rings. The highest BCUT2D eigenvalue weighted by molar-refractivity contribution is 6.33. The summed E-state index contributed by atoms with van der Waals surface area (Å²) in [5.74, 6) is 2.24. The van der Waals surface area contributed by atoms with Crippen molar-refractivity contribution >= 4 is 34.3 Å². The molecule has 3 aromatic heterocycles. The molecule has 1 aliphatic heterocycles. The van der Waals surface area contributed by atoms with Crippen molar-refractivity contribution in [2.24, 2.45) is 0 Å². The normalized spacial score (nSPS) is 14.4. The van der Waals surface area contributed by atoms with E-state index in [1.165, 1.54) is 10.6 Å². The first kappa shape index (κ1) is 37.8. The van der Waals surface area contributed by atoms with Gasteiger partial charge in [-0.3, -0.25) is 0 Å². The van der Waals surface area contributed by atoms with Gasteiger partial charge in [0.2, 0.25) is 0 Å². The summed E-state index contributed by atoms with van der Waals surface area (Å²) in [4.78, 5) is 33.9. The lowest BCUT2D eigenvalue weighted by molar-refractivity contribution is 0.414. The molecule has 0 amide bonds. The summed E-state index contributed by atoms with van der Waals surface area (Å²) in [6.45, 7) is 11.4. The maximum Gasteiger partial charge on any atom is 0.355 e. The second-order valence-corrected chi connectivity index (χ2v) is 14.6. The molecule has 12 heteroatoms. The number of aromatic nitrogens is 4. The smallest absolute Gasteiger partial charge is 0.355 e. The molecule has 0 spiro atoms. The number of nitrogens with zero attached hydrogens (tertiary/aromatic N) is 6. The molecule has 284 valence electrons. The summed E-state index contributed by atoms with van der Waals surface area (Å²) < 4.78 is 27.7. The van der Waals surface area contributed by atoms with Crippen LogP contribution >= 0.6 is 11.6 Å². The van der Waals surface area contributed by atoms with Crippen molar-refractivity contribution < 1.29 is 13.9 Å². The van der Waals surface area contributed by atoms with E-state index in [4.69, 9.17) is 36.0 Å². The number of halogens is 2. The summed E-state index contributed by atoms with van der Waals surface area (Å²) in [7, 11) is 3.31. The van der Waals surface area contributed by atoms with Crippen molar-refractivity contribution in [1.82, 2.24) is 24.8 Å². The zero-order chi connectivity index (χ0) is 38.8. The molecule has 0 aliphatic carbocycles. The number of hydrogen-bond acceptors (Lipinski definition) is 9. The van der Waals surface area contributed by atoms with Gasteiger partial charge in [-0.15, -0.1) is 0 Å². The largest absolute Gasteiger partial charge is 0.497 e. The van der Waals surface area contributed by atoms with Crippen LogP contribution in [0.1, 0.15) is 49.1 Å². The van der Waals surface area contributed by atoms with Gasteiger partial charge in [0.15, 0.2) is 5.65 Å². The number of benzene rings is 3. The van der Waals surface area contributed by atoms with Crippen LogP contribution in [-0.4, -0.2) is 59.4 Å². The van der Waals surface area contributed by atoms with Gasteiger partial charge in [-0.25, -0.2) is 23.7 Å². The number of ether oxygens (including phenoxy) is 2. The maximum atomic E-state index is 15.3. The molecular formula is C43H45ClFN7O3. The van der Waals surface area contributed by atoms with Crippen molar-refractivity contribution in [2.45, 2.75) is 52.7 Å². The van der Waals surface area contributed by atoms with E-state index in [1.807, 2.05) is 61.5 Å². The molecule has 0 saturated carbocycles. The molecule has 1 fully saturated rings. The van der Waals surface area contributed by atoms with E-state index in [0.717, 1.165) is 47.1 Å². The van der Waals surface area contributed by atoms with Crippen LogP contribution in [0.25, 0.3) is 28.0 Å². The molecule has 0 bridgehead atoms. The van der Waals surface area contributed by atoms with E-state index < -0.39 is 11.5 Å². The Morgan fingerprint density at radius 1 is 0.927 bits per heavy atom. The monoisotopic (exact) mass is 761 g/mol. The number of aryl methyl sites for hydroxylation is 1. The molecule has 0 unspecified atom stereocenters. The van der Waals surface area contributed by atoms with Crippen LogP contribution in [0.15, 0.2) is 89.7 Å². The molecule has 7 rings (SSSR count). The highest BCUT2D eigenvalue weighted by Gasteiger charge is 2.28. The number of piperazine rings is 1. The van der Waals surface area contributed by atoms with Crippen molar-refractivity contribution in [2.75, 3.05) is 43.7 Å². The Labute approximate surface area is 325 Å². The predicted molar refractivity (Wildman–Crippen MR) is 218 cm³/mol. The summed E-state index contributed by atoms with van der Waals surface area (Å²) in [5.41, 5.74) is 4.55. The lowest BCUT2D eigenvalue weighted by Crippen LogP contribution is -2.50. The minimum absolute atomic E-state index is 0.0565. The van der Waals surface area contributed by atoms with E-state index >= 15 is 4.39 Å².